The molecule has 0 amide bonds. The Morgan fingerprint density at radius 1 is 0.316 bits per heavy atom. The Balaban J connectivity index is -0.000000114. The summed E-state index contributed by atoms with van der Waals surface area (Å²) in [4.78, 5) is 0. The summed E-state index contributed by atoms with van der Waals surface area (Å²) in [6.45, 7) is 48.0. The molecule has 0 aromatic carbocycles. The van der Waals surface area contributed by atoms with Gasteiger partial charge in [-0.05, 0) is 111 Å². The van der Waals surface area contributed by atoms with Crippen LogP contribution in [0.4, 0.5) is 0 Å². The van der Waals surface area contributed by atoms with Crippen LogP contribution in [0.15, 0.2) is 0 Å². The zero-order valence-electron chi connectivity index (χ0n) is 27.9. The molecule has 0 aromatic heterocycles. The van der Waals surface area contributed by atoms with Crippen LogP contribution >= 0.6 is 31.7 Å². The SMILES string of the molecule is CC(C)[PH+](CC[PH+](C(C)C)C(C)C)C(C)C.CC(C)[PH+](CC[PH+](C(C)C)C(C)C)C(C)C.[C-]#[O+].[C-]#[O+].[Rh].[Rh]. The average Bonchev–Trinajstić information content (AvgIpc) is 2.75. The van der Waals surface area contributed by atoms with E-state index in [1.807, 2.05) is 0 Å². The van der Waals surface area contributed by atoms with Crippen molar-refractivity contribution < 1.29 is 48.3 Å². The summed E-state index contributed by atoms with van der Waals surface area (Å²) < 4.78 is 15.0. The van der Waals surface area contributed by atoms with E-state index in [1.165, 1.54) is 0 Å². The van der Waals surface area contributed by atoms with E-state index in [0.717, 1.165) is 45.3 Å². The van der Waals surface area contributed by atoms with Gasteiger partial charge in [0, 0.05) is 70.6 Å². The van der Waals surface area contributed by atoms with Crippen LogP contribution in [-0.2, 0) is 48.3 Å². The maximum absolute atomic E-state index is 7.50. The molecule has 0 aromatic rings. The van der Waals surface area contributed by atoms with Crippen molar-refractivity contribution >= 4 is 31.7 Å². The summed E-state index contributed by atoms with van der Waals surface area (Å²) in [5.41, 5.74) is 7.61. The third kappa shape index (κ3) is 27.3. The molecule has 0 aliphatic rings. The molecular weight excluding hydrogens is 722 g/mol. The topological polar surface area (TPSA) is 39.8 Å². The first kappa shape index (κ1) is 53.0. The molecule has 0 saturated heterocycles. The van der Waals surface area contributed by atoms with Crippen LogP contribution in [-0.4, -0.2) is 69.9 Å². The number of rotatable bonds is 14. The van der Waals surface area contributed by atoms with Gasteiger partial charge in [0.15, 0.2) is 0 Å². The van der Waals surface area contributed by atoms with Gasteiger partial charge < -0.3 is 0 Å². The Kier molecular flexibility index (Phi) is 45.2. The predicted molar refractivity (Wildman–Crippen MR) is 182 cm³/mol. The maximum atomic E-state index is 7.50. The summed E-state index contributed by atoms with van der Waals surface area (Å²) in [5.74, 6) is 0. The molecule has 0 N–H and O–H groups in total. The smallest absolute Gasteiger partial charge is 0 e. The van der Waals surface area contributed by atoms with Gasteiger partial charge in [0.1, 0.15) is 0 Å². The molecule has 0 rings (SSSR count). The fraction of sp³-hybridized carbons (Fsp3) is 0.933. The van der Waals surface area contributed by atoms with E-state index < -0.39 is 0 Å². The molecule has 0 bridgehead atoms. The Labute approximate surface area is 272 Å². The summed E-state index contributed by atoms with van der Waals surface area (Å²) >= 11 is 0. The van der Waals surface area contributed by atoms with E-state index in [2.05, 4.69) is 124 Å². The summed E-state index contributed by atoms with van der Waals surface area (Å²) in [6.07, 6.45) is 6.24. The Morgan fingerprint density at radius 3 is 0.447 bits per heavy atom. The van der Waals surface area contributed by atoms with Gasteiger partial charge in [-0.3, -0.25) is 0 Å². The van der Waals surface area contributed by atoms with Crippen molar-refractivity contribution in [2.75, 3.05) is 24.6 Å². The molecule has 0 saturated carbocycles. The van der Waals surface area contributed by atoms with Gasteiger partial charge in [-0.1, -0.05) is 0 Å². The van der Waals surface area contributed by atoms with E-state index in [1.54, 1.807) is 24.6 Å². The fourth-order valence-corrected chi connectivity index (χ4v) is 20.1. The summed E-state index contributed by atoms with van der Waals surface area (Å²) in [6, 6.07) is 0. The summed E-state index contributed by atoms with van der Waals surface area (Å²) in [5, 5.41) is 0. The third-order valence-electron chi connectivity index (χ3n) is 7.34. The van der Waals surface area contributed by atoms with Crippen LogP contribution in [0.25, 0.3) is 0 Å². The van der Waals surface area contributed by atoms with Gasteiger partial charge in [-0.2, -0.15) is 0 Å². The first-order chi connectivity index (χ1) is 16.5. The van der Waals surface area contributed by atoms with Crippen LogP contribution in [0.2, 0.25) is 0 Å². The van der Waals surface area contributed by atoms with Crippen LogP contribution in [0.1, 0.15) is 111 Å². The van der Waals surface area contributed by atoms with Crippen LogP contribution in [0.5, 0.6) is 0 Å². The van der Waals surface area contributed by atoms with Crippen LogP contribution in [0.3, 0.4) is 0 Å². The minimum Gasteiger partial charge on any atom is 0 e. The molecule has 2 radical (unpaired) electrons. The van der Waals surface area contributed by atoms with Gasteiger partial charge in [0.2, 0.25) is 0 Å². The maximum Gasteiger partial charge on any atom is 0 e. The van der Waals surface area contributed by atoms with Gasteiger partial charge in [-0.15, -0.1) is 0 Å². The molecule has 0 aliphatic carbocycles. The average molecular weight is 791 g/mol. The number of hydrogen-bond acceptors (Lipinski definition) is 0. The van der Waals surface area contributed by atoms with E-state index in [0.29, 0.717) is 0 Å². The van der Waals surface area contributed by atoms with Crippen molar-refractivity contribution in [3.63, 3.8) is 0 Å². The van der Waals surface area contributed by atoms with Crippen molar-refractivity contribution in [3.8, 4) is 0 Å². The summed E-state index contributed by atoms with van der Waals surface area (Å²) in [7, 11) is -0.458. The van der Waals surface area contributed by atoms with Gasteiger partial charge >= 0.3 is 22.6 Å². The molecule has 0 spiro atoms. The second-order valence-electron chi connectivity index (χ2n) is 12.5. The first-order valence-electron chi connectivity index (χ1n) is 14.4. The van der Waals surface area contributed by atoms with Crippen molar-refractivity contribution in [2.24, 2.45) is 0 Å². The van der Waals surface area contributed by atoms with Crippen molar-refractivity contribution in [3.05, 3.63) is 13.3 Å². The Bertz CT molecular complexity index is 405. The van der Waals surface area contributed by atoms with Crippen molar-refractivity contribution in [1.29, 1.82) is 0 Å². The standard InChI is InChI=1S/2C14H32P2.2CO.2Rh/c2*1-11(2)15(12(3)4)9-10-16(13(5)6)14(7)8;2*1-2;;/h2*11-14H,9-10H2,1-8H3;;;;/p+4. The van der Waals surface area contributed by atoms with Crippen LogP contribution in [0, 0.1) is 13.3 Å². The molecule has 0 aliphatic heterocycles. The van der Waals surface area contributed by atoms with Gasteiger partial charge in [0.05, 0.1) is 69.9 Å². The van der Waals surface area contributed by atoms with Crippen molar-refractivity contribution in [1.82, 2.24) is 0 Å². The molecule has 2 nitrogen and oxygen atoms in total. The fourth-order valence-electron chi connectivity index (χ4n) is 5.55. The largest absolute Gasteiger partial charge is 0 e. The molecule has 0 fully saturated rings. The molecule has 8 heteroatoms. The zero-order chi connectivity index (χ0) is 29.8. The van der Waals surface area contributed by atoms with E-state index in [9.17, 15) is 0 Å². The van der Waals surface area contributed by atoms with Gasteiger partial charge in [0.25, 0.3) is 0 Å². The van der Waals surface area contributed by atoms with Crippen LogP contribution < -0.4 is 0 Å². The molecule has 38 heavy (non-hydrogen) atoms. The molecular formula is C30H68O2P4Rh2+4. The quantitative estimate of drug-likeness (QED) is 0.0728. The number of hydrogen-bond donors (Lipinski definition) is 0. The van der Waals surface area contributed by atoms with E-state index in [4.69, 9.17) is 9.30 Å². The molecule has 0 atom stereocenters. The normalized spacial score (nSPS) is 11.2. The molecule has 234 valence electrons. The minimum atomic E-state index is -0.114. The first-order valence-corrected chi connectivity index (χ1v) is 21.8. The molecule has 0 unspecified atom stereocenters. The zero-order valence-corrected chi connectivity index (χ0v) is 35.2. The minimum absolute atomic E-state index is 0. The van der Waals surface area contributed by atoms with E-state index in [-0.39, 0.29) is 70.6 Å². The Morgan fingerprint density at radius 2 is 0.395 bits per heavy atom. The molecule has 0 heterocycles. The predicted octanol–water partition coefficient (Wildman–Crippen LogP) is 10.0. The second kappa shape index (κ2) is 32.4. The monoisotopic (exact) mass is 790 g/mol. The van der Waals surface area contributed by atoms with Gasteiger partial charge in [-0.25, -0.2) is 0 Å². The third-order valence-corrected chi connectivity index (χ3v) is 23.5. The second-order valence-corrected chi connectivity index (χ2v) is 28.4. The van der Waals surface area contributed by atoms with E-state index >= 15 is 0 Å². The Hall–Kier alpha value is 2.45. The van der Waals surface area contributed by atoms with Crippen molar-refractivity contribution in [2.45, 2.75) is 156 Å².